The summed E-state index contributed by atoms with van der Waals surface area (Å²) in [7, 11) is 0. The Kier molecular flexibility index (Phi) is 6.53. The highest BCUT2D eigenvalue weighted by atomic mass is 16.3. The molecule has 1 aliphatic rings. The summed E-state index contributed by atoms with van der Waals surface area (Å²) in [6.45, 7) is 7.74. The van der Waals surface area contributed by atoms with E-state index in [-0.39, 0.29) is 11.7 Å². The molecule has 3 nitrogen and oxygen atoms in total. The summed E-state index contributed by atoms with van der Waals surface area (Å²) in [5, 5.41) is 9.88. The Morgan fingerprint density at radius 3 is 2.47 bits per heavy atom. The monoisotopic (exact) mass is 397 g/mol. The SMILES string of the molecule is C=C/C=C(\C=C/C)N1C(=O)c2ccccc2C1(C/C=C\C=C/C)c1ccc(O)cc1. The predicted octanol–water partition coefficient (Wildman–Crippen LogP) is 6.26. The molecule has 0 saturated carbocycles. The van der Waals surface area contributed by atoms with Gasteiger partial charge >= 0.3 is 0 Å². The van der Waals surface area contributed by atoms with Crippen molar-refractivity contribution in [1.29, 1.82) is 0 Å². The van der Waals surface area contributed by atoms with Crippen LogP contribution in [-0.2, 0) is 5.54 Å². The van der Waals surface area contributed by atoms with Gasteiger partial charge in [0.05, 0.1) is 0 Å². The second kappa shape index (κ2) is 9.27. The van der Waals surface area contributed by atoms with Gasteiger partial charge in [0, 0.05) is 11.3 Å². The van der Waals surface area contributed by atoms with Crippen molar-refractivity contribution in [2.24, 2.45) is 0 Å². The Morgan fingerprint density at radius 2 is 1.80 bits per heavy atom. The van der Waals surface area contributed by atoms with Crippen LogP contribution in [0.4, 0.5) is 0 Å². The fourth-order valence-corrected chi connectivity index (χ4v) is 4.05. The Bertz CT molecular complexity index is 1040. The van der Waals surface area contributed by atoms with Crippen LogP contribution in [0.2, 0.25) is 0 Å². The number of nitrogens with zero attached hydrogens (tertiary/aromatic N) is 1. The average Bonchev–Trinajstić information content (AvgIpc) is 3.01. The van der Waals surface area contributed by atoms with E-state index < -0.39 is 5.54 Å². The van der Waals surface area contributed by atoms with Gasteiger partial charge in [-0.3, -0.25) is 9.69 Å². The van der Waals surface area contributed by atoms with Gasteiger partial charge in [0.25, 0.3) is 5.91 Å². The molecule has 0 aromatic heterocycles. The van der Waals surface area contributed by atoms with E-state index in [0.29, 0.717) is 12.0 Å². The van der Waals surface area contributed by atoms with E-state index in [1.54, 1.807) is 18.2 Å². The van der Waals surface area contributed by atoms with Gasteiger partial charge in [-0.25, -0.2) is 0 Å². The van der Waals surface area contributed by atoms with E-state index in [0.717, 1.165) is 16.8 Å². The lowest BCUT2D eigenvalue weighted by Crippen LogP contribution is -2.43. The van der Waals surface area contributed by atoms with Crippen molar-refractivity contribution in [3.8, 4) is 5.75 Å². The first-order chi connectivity index (χ1) is 14.6. The lowest BCUT2D eigenvalue weighted by Gasteiger charge is -2.40. The first-order valence-corrected chi connectivity index (χ1v) is 10.1. The number of benzene rings is 2. The van der Waals surface area contributed by atoms with Crippen LogP contribution in [0.3, 0.4) is 0 Å². The number of fused-ring (bicyclic) bond motifs is 1. The Labute approximate surface area is 178 Å². The molecular weight excluding hydrogens is 370 g/mol. The van der Waals surface area contributed by atoms with Gasteiger partial charge in [0.2, 0.25) is 0 Å². The Balaban J connectivity index is 2.35. The number of amides is 1. The third-order valence-corrected chi connectivity index (χ3v) is 5.27. The van der Waals surface area contributed by atoms with Gasteiger partial charge in [0.1, 0.15) is 11.3 Å². The van der Waals surface area contributed by atoms with Crippen LogP contribution >= 0.6 is 0 Å². The molecular formula is C27H27NO2. The molecule has 0 saturated heterocycles. The quantitative estimate of drug-likeness (QED) is 0.560. The van der Waals surface area contributed by atoms with Crippen molar-refractivity contribution in [2.45, 2.75) is 25.8 Å². The number of carbonyl (C=O) groups excluding carboxylic acids is 1. The summed E-state index contributed by atoms with van der Waals surface area (Å²) in [5.74, 6) is 0.141. The van der Waals surface area contributed by atoms with Crippen LogP contribution in [-0.4, -0.2) is 15.9 Å². The zero-order chi connectivity index (χ0) is 21.6. The van der Waals surface area contributed by atoms with Crippen LogP contribution in [0.25, 0.3) is 0 Å². The van der Waals surface area contributed by atoms with E-state index in [1.807, 2.05) is 91.6 Å². The second-order valence-electron chi connectivity index (χ2n) is 7.08. The van der Waals surface area contributed by atoms with Crippen molar-refractivity contribution in [2.75, 3.05) is 0 Å². The third kappa shape index (κ3) is 3.67. The summed E-state index contributed by atoms with van der Waals surface area (Å²) in [4.78, 5) is 15.5. The highest BCUT2D eigenvalue weighted by Crippen LogP contribution is 2.49. The topological polar surface area (TPSA) is 40.5 Å². The molecule has 0 radical (unpaired) electrons. The number of allylic oxidation sites excluding steroid dienone is 7. The standard InChI is InChI=1S/C27H27NO2/c1-4-7-8-11-20-27(21-16-18-23(29)19-17-21)25-15-10-9-14-24(25)26(30)28(27)22(12-5-2)13-6-3/h4-19,29H,2,20H2,1,3H3/b7-4-,11-8-,13-6-,22-12+. The molecule has 3 heteroatoms. The van der Waals surface area contributed by atoms with Gasteiger partial charge in [-0.1, -0.05) is 73.4 Å². The zero-order valence-electron chi connectivity index (χ0n) is 17.5. The number of phenolic OH excluding ortho intramolecular Hbond substituents is 1. The van der Waals surface area contributed by atoms with E-state index in [9.17, 15) is 9.90 Å². The minimum absolute atomic E-state index is 0.0516. The number of hydrogen-bond donors (Lipinski definition) is 1. The fraction of sp³-hybridized carbons (Fsp3) is 0.148. The highest BCUT2D eigenvalue weighted by molar-refractivity contribution is 6.02. The molecule has 1 atom stereocenters. The summed E-state index contributed by atoms with van der Waals surface area (Å²) < 4.78 is 0. The van der Waals surface area contributed by atoms with E-state index in [4.69, 9.17) is 0 Å². The number of aromatic hydroxyl groups is 1. The molecule has 0 aliphatic carbocycles. The fourth-order valence-electron chi connectivity index (χ4n) is 4.05. The summed E-state index contributed by atoms with van der Waals surface area (Å²) in [6, 6.07) is 14.9. The lowest BCUT2D eigenvalue weighted by atomic mass is 9.79. The van der Waals surface area contributed by atoms with Crippen LogP contribution in [0.1, 0.15) is 41.8 Å². The molecule has 30 heavy (non-hydrogen) atoms. The lowest BCUT2D eigenvalue weighted by molar-refractivity contribution is 0.0724. The Hall–Kier alpha value is -3.59. The molecule has 2 aromatic carbocycles. The first-order valence-electron chi connectivity index (χ1n) is 10.1. The van der Waals surface area contributed by atoms with Gasteiger partial charge in [-0.2, -0.15) is 0 Å². The Morgan fingerprint density at radius 1 is 1.07 bits per heavy atom. The van der Waals surface area contributed by atoms with Gasteiger partial charge in [-0.05, 0) is 61.7 Å². The van der Waals surface area contributed by atoms with E-state index >= 15 is 0 Å². The molecule has 1 heterocycles. The molecule has 1 aliphatic heterocycles. The van der Waals surface area contributed by atoms with Crippen molar-refractivity contribution in [3.63, 3.8) is 0 Å². The van der Waals surface area contributed by atoms with Crippen molar-refractivity contribution in [3.05, 3.63) is 126 Å². The average molecular weight is 398 g/mol. The molecule has 0 spiro atoms. The molecule has 1 unspecified atom stereocenters. The molecule has 1 N–H and O–H groups in total. The molecule has 3 rings (SSSR count). The maximum atomic E-state index is 13.7. The first kappa shape index (κ1) is 21.1. The zero-order valence-corrected chi connectivity index (χ0v) is 17.5. The maximum absolute atomic E-state index is 13.7. The van der Waals surface area contributed by atoms with Crippen LogP contribution < -0.4 is 0 Å². The summed E-state index contributed by atoms with van der Waals surface area (Å²) in [6.07, 6.45) is 16.0. The molecule has 152 valence electrons. The minimum atomic E-state index is -0.742. The van der Waals surface area contributed by atoms with Crippen LogP contribution in [0.5, 0.6) is 5.75 Å². The minimum Gasteiger partial charge on any atom is -0.508 e. The summed E-state index contributed by atoms with van der Waals surface area (Å²) >= 11 is 0. The molecule has 2 aromatic rings. The number of phenols is 1. The predicted molar refractivity (Wildman–Crippen MR) is 123 cm³/mol. The summed E-state index contributed by atoms with van der Waals surface area (Å²) in [5.41, 5.74) is 2.59. The van der Waals surface area contributed by atoms with Crippen molar-refractivity contribution < 1.29 is 9.90 Å². The van der Waals surface area contributed by atoms with Gasteiger partial charge in [0.15, 0.2) is 0 Å². The van der Waals surface area contributed by atoms with Gasteiger partial charge < -0.3 is 5.11 Å². The molecule has 0 bridgehead atoms. The molecule has 1 amide bonds. The molecule has 0 fully saturated rings. The van der Waals surface area contributed by atoms with Crippen LogP contribution in [0, 0.1) is 0 Å². The maximum Gasteiger partial charge on any atom is 0.259 e. The normalized spacial score (nSPS) is 19.3. The number of hydrogen-bond acceptors (Lipinski definition) is 2. The van der Waals surface area contributed by atoms with Crippen LogP contribution in [0.15, 0.2) is 109 Å². The van der Waals surface area contributed by atoms with E-state index in [2.05, 4.69) is 12.7 Å². The van der Waals surface area contributed by atoms with E-state index in [1.165, 1.54) is 0 Å². The highest BCUT2D eigenvalue weighted by Gasteiger charge is 2.51. The van der Waals surface area contributed by atoms with Gasteiger partial charge in [-0.15, -0.1) is 0 Å². The number of carbonyl (C=O) groups is 1. The van der Waals surface area contributed by atoms with Crippen molar-refractivity contribution >= 4 is 5.91 Å². The largest absolute Gasteiger partial charge is 0.508 e. The van der Waals surface area contributed by atoms with Crippen molar-refractivity contribution in [1.82, 2.24) is 4.90 Å². The third-order valence-electron chi connectivity index (χ3n) is 5.27. The smallest absolute Gasteiger partial charge is 0.259 e. The number of rotatable bonds is 7. The second-order valence-corrected chi connectivity index (χ2v) is 7.08.